The fourth-order valence-corrected chi connectivity index (χ4v) is 1.93. The van der Waals surface area contributed by atoms with E-state index in [0.717, 1.165) is 6.42 Å². The molecule has 1 atom stereocenters. The number of nitrogens with two attached hydrogens (primary N) is 1. The molecular weight excluding hydrogens is 266 g/mol. The maximum atomic E-state index is 11.2. The number of amides is 1. The maximum absolute atomic E-state index is 11.2. The van der Waals surface area contributed by atoms with E-state index in [4.69, 9.17) is 10.6 Å². The monoisotopic (exact) mass is 283 g/mol. The number of alkyl carbamates (subject to hydrolysis) is 1. The molecule has 110 valence electrons. The number of anilines is 2. The first-order chi connectivity index (χ1) is 9.66. The zero-order chi connectivity index (χ0) is 14.5. The van der Waals surface area contributed by atoms with E-state index in [-0.39, 0.29) is 18.0 Å². The van der Waals surface area contributed by atoms with E-state index in [2.05, 4.69) is 30.4 Å². The number of nitrogens with one attached hydrogen (secondary N) is 2. The molecule has 1 unspecified atom stereocenters. The molecule has 0 saturated carbocycles. The van der Waals surface area contributed by atoms with Crippen LogP contribution in [-0.2, 0) is 4.74 Å². The van der Waals surface area contributed by atoms with Crippen molar-refractivity contribution in [1.29, 1.82) is 0 Å². The molecule has 0 aromatic carbocycles. The Hall–Kier alpha value is -2.36. The second-order valence-corrected chi connectivity index (χ2v) is 4.16. The van der Waals surface area contributed by atoms with Gasteiger partial charge in [0.05, 0.1) is 20.3 Å². The SMILES string of the molecule is COC(=O)NC1CCN(c2nc(NN)nc(OC)n2)C1. The van der Waals surface area contributed by atoms with Gasteiger partial charge in [-0.1, -0.05) is 0 Å². The molecular formula is C10H17N7O3. The zero-order valence-corrected chi connectivity index (χ0v) is 11.3. The van der Waals surface area contributed by atoms with Crippen molar-refractivity contribution in [1.82, 2.24) is 20.3 Å². The van der Waals surface area contributed by atoms with Crippen LogP contribution >= 0.6 is 0 Å². The van der Waals surface area contributed by atoms with Crippen molar-refractivity contribution in [2.75, 3.05) is 37.6 Å². The first-order valence-electron chi connectivity index (χ1n) is 6.02. The minimum absolute atomic E-state index is 0.0144. The Balaban J connectivity index is 2.07. The number of aromatic nitrogens is 3. The van der Waals surface area contributed by atoms with Crippen LogP contribution in [-0.4, -0.2) is 54.4 Å². The van der Waals surface area contributed by atoms with Gasteiger partial charge in [-0.25, -0.2) is 10.6 Å². The highest BCUT2D eigenvalue weighted by Gasteiger charge is 2.26. The van der Waals surface area contributed by atoms with Gasteiger partial charge in [0, 0.05) is 13.1 Å². The Morgan fingerprint density at radius 3 is 2.85 bits per heavy atom. The van der Waals surface area contributed by atoms with Crippen LogP contribution in [0.3, 0.4) is 0 Å². The summed E-state index contributed by atoms with van der Waals surface area (Å²) in [4.78, 5) is 25.3. The lowest BCUT2D eigenvalue weighted by molar-refractivity contribution is 0.167. The number of rotatable bonds is 4. The maximum Gasteiger partial charge on any atom is 0.407 e. The van der Waals surface area contributed by atoms with E-state index in [1.165, 1.54) is 14.2 Å². The Bertz CT molecular complexity index is 462. The molecule has 2 rings (SSSR count). The first-order valence-corrected chi connectivity index (χ1v) is 6.02. The highest BCUT2D eigenvalue weighted by molar-refractivity contribution is 5.67. The third-order valence-corrected chi connectivity index (χ3v) is 2.89. The lowest BCUT2D eigenvalue weighted by atomic mass is 10.3. The van der Waals surface area contributed by atoms with Gasteiger partial charge in [-0.15, -0.1) is 0 Å². The van der Waals surface area contributed by atoms with Crippen LogP contribution in [0.1, 0.15) is 6.42 Å². The summed E-state index contributed by atoms with van der Waals surface area (Å²) in [6.45, 7) is 1.28. The third kappa shape index (κ3) is 3.15. The van der Waals surface area contributed by atoms with Gasteiger partial charge in [0.1, 0.15) is 0 Å². The molecule has 1 amide bonds. The summed E-state index contributed by atoms with van der Waals surface area (Å²) in [6.07, 6.45) is 0.323. The number of nitrogens with zero attached hydrogens (tertiary/aromatic N) is 4. The molecule has 1 aromatic heterocycles. The molecule has 0 bridgehead atoms. The first kappa shape index (κ1) is 14.1. The van der Waals surface area contributed by atoms with Crippen LogP contribution in [0.15, 0.2) is 0 Å². The van der Waals surface area contributed by atoms with Crippen molar-refractivity contribution < 1.29 is 14.3 Å². The highest BCUT2D eigenvalue weighted by Crippen LogP contribution is 2.19. The Morgan fingerprint density at radius 2 is 2.20 bits per heavy atom. The smallest absolute Gasteiger partial charge is 0.407 e. The summed E-state index contributed by atoms with van der Waals surface area (Å²) in [6, 6.07) is 0.159. The fraction of sp³-hybridized carbons (Fsp3) is 0.600. The van der Waals surface area contributed by atoms with E-state index < -0.39 is 6.09 Å². The molecule has 20 heavy (non-hydrogen) atoms. The van der Waals surface area contributed by atoms with Crippen molar-refractivity contribution in [3.8, 4) is 6.01 Å². The van der Waals surface area contributed by atoms with Gasteiger partial charge in [-0.05, 0) is 6.42 Å². The molecule has 1 saturated heterocycles. The Kier molecular flexibility index (Phi) is 4.35. The predicted octanol–water partition coefficient (Wildman–Crippen LogP) is -0.899. The summed E-state index contributed by atoms with van der Waals surface area (Å²) in [5.41, 5.74) is 2.36. The highest BCUT2D eigenvalue weighted by atomic mass is 16.5. The topological polar surface area (TPSA) is 128 Å². The molecule has 2 heterocycles. The number of hydrogen-bond acceptors (Lipinski definition) is 9. The van der Waals surface area contributed by atoms with Crippen LogP contribution < -0.4 is 26.2 Å². The van der Waals surface area contributed by atoms with Gasteiger partial charge in [-0.3, -0.25) is 5.43 Å². The van der Waals surface area contributed by atoms with Crippen molar-refractivity contribution in [2.24, 2.45) is 5.84 Å². The number of nitrogen functional groups attached to an aromatic ring is 1. The number of methoxy groups -OCH3 is 2. The van der Waals surface area contributed by atoms with Crippen molar-refractivity contribution in [2.45, 2.75) is 12.5 Å². The Morgan fingerprint density at radius 1 is 1.40 bits per heavy atom. The molecule has 10 nitrogen and oxygen atoms in total. The van der Waals surface area contributed by atoms with E-state index in [1.54, 1.807) is 0 Å². The lowest BCUT2D eigenvalue weighted by Crippen LogP contribution is -2.37. The summed E-state index contributed by atoms with van der Waals surface area (Å²) < 4.78 is 9.56. The van der Waals surface area contributed by atoms with Crippen molar-refractivity contribution >= 4 is 18.0 Å². The molecule has 1 aromatic rings. The summed E-state index contributed by atoms with van der Waals surface area (Å²) in [5.74, 6) is 5.96. The average Bonchev–Trinajstić information content (AvgIpc) is 2.94. The van der Waals surface area contributed by atoms with Crippen LogP contribution in [0.25, 0.3) is 0 Å². The quantitative estimate of drug-likeness (QED) is 0.475. The molecule has 4 N–H and O–H groups in total. The van der Waals surface area contributed by atoms with Gasteiger partial charge >= 0.3 is 12.1 Å². The second-order valence-electron chi connectivity index (χ2n) is 4.16. The van der Waals surface area contributed by atoms with Crippen molar-refractivity contribution in [3.05, 3.63) is 0 Å². The molecule has 0 aliphatic carbocycles. The average molecular weight is 283 g/mol. The molecule has 1 aliphatic heterocycles. The molecule has 0 spiro atoms. The van der Waals surface area contributed by atoms with Gasteiger partial charge in [0.25, 0.3) is 0 Å². The summed E-state index contributed by atoms with van der Waals surface area (Å²) in [5, 5.41) is 2.74. The number of ether oxygens (including phenoxy) is 2. The van der Waals surface area contributed by atoms with Gasteiger partial charge in [0.2, 0.25) is 11.9 Å². The van der Waals surface area contributed by atoms with E-state index >= 15 is 0 Å². The summed E-state index contributed by atoms with van der Waals surface area (Å²) >= 11 is 0. The predicted molar refractivity (Wildman–Crippen MR) is 70.3 cm³/mol. The molecule has 0 radical (unpaired) electrons. The van der Waals surface area contributed by atoms with Crippen molar-refractivity contribution in [3.63, 3.8) is 0 Å². The van der Waals surface area contributed by atoms with E-state index in [1.807, 2.05) is 4.90 Å². The normalized spacial score (nSPS) is 17.8. The van der Waals surface area contributed by atoms with E-state index in [9.17, 15) is 4.79 Å². The van der Waals surface area contributed by atoms with Crippen LogP contribution in [0.5, 0.6) is 6.01 Å². The standard InChI is InChI=1S/C10H17N7O3/c1-19-9-14-7(16-11)13-8(15-9)17-4-3-6(5-17)12-10(18)20-2/h6H,3-5,11H2,1-2H3,(H,12,18)(H,13,14,15,16). The number of hydrazine groups is 1. The van der Waals surface area contributed by atoms with Crippen LogP contribution in [0, 0.1) is 0 Å². The molecule has 10 heteroatoms. The minimum Gasteiger partial charge on any atom is -0.467 e. The van der Waals surface area contributed by atoms with Gasteiger partial charge < -0.3 is 19.7 Å². The lowest BCUT2D eigenvalue weighted by Gasteiger charge is -2.17. The van der Waals surface area contributed by atoms with Crippen LogP contribution in [0.4, 0.5) is 16.7 Å². The fourth-order valence-electron chi connectivity index (χ4n) is 1.93. The van der Waals surface area contributed by atoms with E-state index in [0.29, 0.717) is 19.0 Å². The molecule has 1 fully saturated rings. The number of carbonyl (C=O) groups excluding carboxylic acids is 1. The van der Waals surface area contributed by atoms with Gasteiger partial charge in [-0.2, -0.15) is 15.0 Å². The number of hydrogen-bond donors (Lipinski definition) is 3. The minimum atomic E-state index is -0.450. The largest absolute Gasteiger partial charge is 0.467 e. The third-order valence-electron chi connectivity index (χ3n) is 2.89. The Labute approximate surface area is 115 Å². The van der Waals surface area contributed by atoms with Crippen LogP contribution in [0.2, 0.25) is 0 Å². The zero-order valence-electron chi connectivity index (χ0n) is 11.3. The number of carbonyl (C=O) groups is 1. The van der Waals surface area contributed by atoms with Gasteiger partial charge in [0.15, 0.2) is 0 Å². The second kappa shape index (κ2) is 6.19. The molecule has 1 aliphatic rings. The summed E-state index contributed by atoms with van der Waals surface area (Å²) in [7, 11) is 2.79.